The van der Waals surface area contributed by atoms with Crippen molar-refractivity contribution in [2.45, 2.75) is 18.9 Å². The lowest BCUT2D eigenvalue weighted by Crippen LogP contribution is -2.42. The fraction of sp³-hybridized carbons (Fsp3) is 0.571. The molecule has 2 fully saturated rings. The second kappa shape index (κ2) is 5.61. The zero-order chi connectivity index (χ0) is 13.1. The fourth-order valence-corrected chi connectivity index (χ4v) is 2.82. The largest absolute Gasteiger partial charge is 0.361 e. The molecule has 2 aliphatic heterocycles. The molecule has 19 heavy (non-hydrogen) atoms. The quantitative estimate of drug-likeness (QED) is 0.705. The molecule has 0 amide bonds. The number of piperazine rings is 1. The molecule has 3 heterocycles. The van der Waals surface area contributed by atoms with E-state index in [-0.39, 0.29) is 0 Å². The van der Waals surface area contributed by atoms with E-state index in [1.165, 1.54) is 6.42 Å². The lowest BCUT2D eigenvalue weighted by molar-refractivity contribution is 0.340. The number of nitrogens with zero attached hydrogens (tertiary/aromatic N) is 2. The van der Waals surface area contributed by atoms with Crippen molar-refractivity contribution in [2.75, 3.05) is 32.7 Å². The summed E-state index contributed by atoms with van der Waals surface area (Å²) in [5, 5.41) is 6.82. The Morgan fingerprint density at radius 1 is 1.37 bits per heavy atom. The van der Waals surface area contributed by atoms with Gasteiger partial charge in [0, 0.05) is 26.2 Å². The lowest BCUT2D eigenvalue weighted by Gasteiger charge is -2.29. The molecule has 0 spiro atoms. The molecule has 2 aliphatic rings. The third kappa shape index (κ3) is 2.59. The first-order valence-electron chi connectivity index (χ1n) is 7.03. The summed E-state index contributed by atoms with van der Waals surface area (Å²) in [5.41, 5.74) is 5.13. The maximum Gasteiger partial charge on any atom is 0.123 e. The number of nitrogens with one attached hydrogen (secondary N) is 3. The molecule has 3 rings (SSSR count). The van der Waals surface area contributed by atoms with Crippen LogP contribution >= 0.6 is 0 Å². The number of H-pyrrole nitrogens is 1. The van der Waals surface area contributed by atoms with Gasteiger partial charge >= 0.3 is 0 Å². The second-order valence-corrected chi connectivity index (χ2v) is 5.09. The number of hydrogen-bond acceptors (Lipinski definition) is 4. The summed E-state index contributed by atoms with van der Waals surface area (Å²) >= 11 is 0. The van der Waals surface area contributed by atoms with E-state index in [2.05, 4.69) is 37.8 Å². The molecule has 5 heteroatoms. The minimum Gasteiger partial charge on any atom is -0.361 e. The Balaban J connectivity index is 1.78. The number of aromatic nitrogens is 2. The highest BCUT2D eigenvalue weighted by Gasteiger charge is 2.21. The first kappa shape index (κ1) is 12.5. The average Bonchev–Trinajstić information content (AvgIpc) is 3.11. The molecule has 1 aromatic heterocycles. The normalized spacial score (nSPS) is 23.4. The van der Waals surface area contributed by atoms with Crippen LogP contribution in [0.25, 0.3) is 5.70 Å². The van der Waals surface area contributed by atoms with E-state index in [4.69, 9.17) is 0 Å². The van der Waals surface area contributed by atoms with Gasteiger partial charge in [0.2, 0.25) is 0 Å². The standard InChI is InChI=1S/C14H21N5/c1-2-13(19-8-6-15-7-9-19)12-10-17-14(18-12)11-4-3-5-16-11/h10-11,15-16H,1,3-9H2,(H,17,18). The predicted molar refractivity (Wildman–Crippen MR) is 75.6 cm³/mol. The van der Waals surface area contributed by atoms with E-state index in [0.29, 0.717) is 6.04 Å². The maximum atomic E-state index is 4.51. The number of aromatic amines is 1. The highest BCUT2D eigenvalue weighted by molar-refractivity contribution is 5.59. The number of rotatable bonds is 3. The highest BCUT2D eigenvalue weighted by Crippen LogP contribution is 2.23. The van der Waals surface area contributed by atoms with E-state index in [0.717, 1.165) is 56.4 Å². The van der Waals surface area contributed by atoms with Crippen LogP contribution in [-0.4, -0.2) is 47.6 Å². The van der Waals surface area contributed by atoms with Crippen molar-refractivity contribution in [1.29, 1.82) is 0 Å². The van der Waals surface area contributed by atoms with Crippen molar-refractivity contribution < 1.29 is 0 Å². The minimum absolute atomic E-state index is 0.378. The van der Waals surface area contributed by atoms with Gasteiger partial charge in [-0.05, 0) is 19.4 Å². The van der Waals surface area contributed by atoms with Crippen molar-refractivity contribution in [3.8, 4) is 0 Å². The molecular formula is C14H21N5. The molecular weight excluding hydrogens is 238 g/mol. The van der Waals surface area contributed by atoms with Crippen LogP contribution in [0.15, 0.2) is 18.5 Å². The molecule has 1 aromatic rings. The van der Waals surface area contributed by atoms with Crippen LogP contribution < -0.4 is 10.6 Å². The smallest absolute Gasteiger partial charge is 0.123 e. The summed E-state index contributed by atoms with van der Waals surface area (Å²) in [6.07, 6.45) is 4.29. The van der Waals surface area contributed by atoms with E-state index in [1.807, 2.05) is 6.20 Å². The summed E-state index contributed by atoms with van der Waals surface area (Å²) in [6.45, 7) is 8.93. The van der Waals surface area contributed by atoms with Crippen molar-refractivity contribution in [3.63, 3.8) is 0 Å². The van der Waals surface area contributed by atoms with Gasteiger partial charge < -0.3 is 20.5 Å². The molecule has 0 aliphatic carbocycles. The number of imidazole rings is 1. The van der Waals surface area contributed by atoms with Crippen LogP contribution in [0.4, 0.5) is 0 Å². The van der Waals surface area contributed by atoms with Gasteiger partial charge in [-0.15, -0.1) is 5.73 Å². The van der Waals surface area contributed by atoms with E-state index in [1.54, 1.807) is 0 Å². The zero-order valence-electron chi connectivity index (χ0n) is 11.2. The monoisotopic (exact) mass is 259 g/mol. The topological polar surface area (TPSA) is 56.0 Å². The third-order valence-electron chi connectivity index (χ3n) is 3.84. The van der Waals surface area contributed by atoms with Gasteiger partial charge in [-0.2, -0.15) is 0 Å². The summed E-state index contributed by atoms with van der Waals surface area (Å²) < 4.78 is 0. The van der Waals surface area contributed by atoms with Crippen molar-refractivity contribution in [1.82, 2.24) is 25.5 Å². The van der Waals surface area contributed by atoms with Crippen LogP contribution in [0.3, 0.4) is 0 Å². The van der Waals surface area contributed by atoms with Gasteiger partial charge in [0.1, 0.15) is 11.5 Å². The van der Waals surface area contributed by atoms with Gasteiger partial charge in [0.15, 0.2) is 0 Å². The SMILES string of the molecule is C=C=C(c1cnc(C2CCCN2)[nH]1)N1CCNCC1. The van der Waals surface area contributed by atoms with Gasteiger partial charge in [-0.1, -0.05) is 6.58 Å². The Kier molecular flexibility index (Phi) is 3.69. The van der Waals surface area contributed by atoms with Gasteiger partial charge in [0.25, 0.3) is 0 Å². The molecule has 102 valence electrons. The predicted octanol–water partition coefficient (Wildman–Crippen LogP) is 0.865. The number of hydrogen-bond donors (Lipinski definition) is 3. The first-order chi connectivity index (χ1) is 9.38. The van der Waals surface area contributed by atoms with Crippen molar-refractivity contribution in [2.24, 2.45) is 0 Å². The van der Waals surface area contributed by atoms with Crippen molar-refractivity contribution >= 4 is 5.70 Å². The maximum absolute atomic E-state index is 4.51. The van der Waals surface area contributed by atoms with Gasteiger partial charge in [-0.25, -0.2) is 4.98 Å². The molecule has 0 aromatic carbocycles. The Bertz CT molecular complexity index is 474. The molecule has 1 unspecified atom stereocenters. The molecule has 3 N–H and O–H groups in total. The minimum atomic E-state index is 0.378. The van der Waals surface area contributed by atoms with Gasteiger partial charge in [0.05, 0.1) is 17.9 Å². The van der Waals surface area contributed by atoms with E-state index >= 15 is 0 Å². The van der Waals surface area contributed by atoms with Crippen LogP contribution in [0, 0.1) is 0 Å². The van der Waals surface area contributed by atoms with E-state index in [9.17, 15) is 0 Å². The van der Waals surface area contributed by atoms with Crippen LogP contribution in [0.1, 0.15) is 30.4 Å². The molecule has 2 saturated heterocycles. The summed E-state index contributed by atoms with van der Waals surface area (Å²) in [4.78, 5) is 10.2. The Morgan fingerprint density at radius 3 is 2.89 bits per heavy atom. The highest BCUT2D eigenvalue weighted by atomic mass is 15.2. The fourth-order valence-electron chi connectivity index (χ4n) is 2.82. The van der Waals surface area contributed by atoms with Crippen molar-refractivity contribution in [3.05, 3.63) is 30.0 Å². The van der Waals surface area contributed by atoms with Gasteiger partial charge in [-0.3, -0.25) is 0 Å². The van der Waals surface area contributed by atoms with Crippen LogP contribution in [0.5, 0.6) is 0 Å². The molecule has 0 radical (unpaired) electrons. The molecule has 5 nitrogen and oxygen atoms in total. The Morgan fingerprint density at radius 2 is 2.21 bits per heavy atom. The molecule has 0 saturated carbocycles. The van der Waals surface area contributed by atoms with E-state index < -0.39 is 0 Å². The lowest BCUT2D eigenvalue weighted by atomic mass is 10.2. The Labute approximate surface area is 113 Å². The third-order valence-corrected chi connectivity index (χ3v) is 3.84. The first-order valence-corrected chi connectivity index (χ1v) is 7.03. The zero-order valence-corrected chi connectivity index (χ0v) is 11.2. The summed E-state index contributed by atoms with van der Waals surface area (Å²) in [6, 6.07) is 0.378. The second-order valence-electron chi connectivity index (χ2n) is 5.09. The molecule has 0 bridgehead atoms. The van der Waals surface area contributed by atoms with Crippen LogP contribution in [-0.2, 0) is 0 Å². The molecule has 1 atom stereocenters. The summed E-state index contributed by atoms with van der Waals surface area (Å²) in [7, 11) is 0. The Hall–Kier alpha value is -1.55. The average molecular weight is 259 g/mol. The summed E-state index contributed by atoms with van der Waals surface area (Å²) in [5.74, 6) is 1.04. The van der Waals surface area contributed by atoms with Crippen LogP contribution in [0.2, 0.25) is 0 Å².